The zero-order valence-corrected chi connectivity index (χ0v) is 10.4. The van der Waals surface area contributed by atoms with Crippen LogP contribution in [0.3, 0.4) is 0 Å². The topological polar surface area (TPSA) is 67.5 Å². The van der Waals surface area contributed by atoms with Crippen molar-refractivity contribution in [3.63, 3.8) is 0 Å². The molecule has 4 nitrogen and oxygen atoms in total. The molecule has 0 aliphatic heterocycles. The number of aromatic hydroxyl groups is 1. The van der Waals surface area contributed by atoms with Crippen LogP contribution in [0.15, 0.2) is 15.3 Å². The Hall–Kier alpha value is -1.58. The molecule has 1 aromatic heterocycles. The predicted octanol–water partition coefficient (Wildman–Crippen LogP) is 2.20. The minimum absolute atomic E-state index is 0.0335. The predicted molar refractivity (Wildman–Crippen MR) is 64.2 cm³/mol. The van der Waals surface area contributed by atoms with E-state index >= 15 is 0 Å². The highest BCUT2D eigenvalue weighted by Gasteiger charge is 2.19. The summed E-state index contributed by atoms with van der Waals surface area (Å²) in [5.74, 6) is 0.0925. The fraction of sp³-hybridized carbons (Fsp3) is 0.538. The maximum absolute atomic E-state index is 11.6. The van der Waals surface area contributed by atoms with Crippen LogP contribution in [0.25, 0.3) is 0 Å². The molecule has 1 rings (SSSR count). The summed E-state index contributed by atoms with van der Waals surface area (Å²) in [5, 5.41) is 9.70. The van der Waals surface area contributed by atoms with Crippen LogP contribution in [-0.4, -0.2) is 10.9 Å². The lowest BCUT2D eigenvalue weighted by Crippen LogP contribution is -2.19. The molecule has 4 heteroatoms. The van der Waals surface area contributed by atoms with Crippen molar-refractivity contribution in [2.24, 2.45) is 5.92 Å². The average molecular weight is 238 g/mol. The van der Waals surface area contributed by atoms with Gasteiger partial charge in [0.25, 0.3) is 0 Å². The van der Waals surface area contributed by atoms with Crippen molar-refractivity contribution < 1.29 is 14.3 Å². The maximum Gasteiger partial charge on any atom is 0.342 e. The quantitative estimate of drug-likeness (QED) is 0.853. The van der Waals surface area contributed by atoms with E-state index in [0.717, 1.165) is 6.42 Å². The van der Waals surface area contributed by atoms with Gasteiger partial charge in [0.05, 0.1) is 5.56 Å². The molecule has 0 aromatic carbocycles. The van der Waals surface area contributed by atoms with Crippen LogP contribution in [-0.2, 0) is 11.2 Å². The molecule has 0 bridgehead atoms. The molecule has 1 N–H and O–H groups in total. The molecule has 1 atom stereocenters. The van der Waals surface area contributed by atoms with E-state index in [1.807, 2.05) is 6.92 Å². The molecule has 0 radical (unpaired) electrons. The largest absolute Gasteiger partial charge is 0.507 e. The van der Waals surface area contributed by atoms with Crippen molar-refractivity contribution in [1.82, 2.24) is 0 Å². The van der Waals surface area contributed by atoms with Crippen LogP contribution in [0.5, 0.6) is 5.75 Å². The molecule has 94 valence electrons. The molecule has 0 spiro atoms. The fourth-order valence-electron chi connectivity index (χ4n) is 1.85. The van der Waals surface area contributed by atoms with Crippen LogP contribution < -0.4 is 5.63 Å². The van der Waals surface area contributed by atoms with Crippen LogP contribution in [0.2, 0.25) is 0 Å². The molecule has 1 unspecified atom stereocenters. The normalized spacial score (nSPS) is 12.4. The Morgan fingerprint density at radius 3 is 2.65 bits per heavy atom. The maximum atomic E-state index is 11.6. The Balaban J connectivity index is 3.01. The summed E-state index contributed by atoms with van der Waals surface area (Å²) >= 11 is 0. The number of hydrogen-bond donors (Lipinski definition) is 1. The third kappa shape index (κ3) is 3.44. The number of carbonyl (C=O) groups is 1. The third-order valence-electron chi connectivity index (χ3n) is 2.81. The van der Waals surface area contributed by atoms with Crippen LogP contribution >= 0.6 is 0 Å². The standard InChI is InChI=1S/C13H18O4/c1-4-5-10(9(3)14)7-11-12(15)6-8(2)17-13(11)16/h6,10,15H,4-5,7H2,1-3H3. The highest BCUT2D eigenvalue weighted by atomic mass is 16.4. The summed E-state index contributed by atoms with van der Waals surface area (Å²) in [6.45, 7) is 5.08. The van der Waals surface area contributed by atoms with Crippen molar-refractivity contribution in [3.05, 3.63) is 27.8 Å². The highest BCUT2D eigenvalue weighted by molar-refractivity contribution is 5.78. The van der Waals surface area contributed by atoms with E-state index in [-0.39, 0.29) is 29.4 Å². The second kappa shape index (κ2) is 5.66. The van der Waals surface area contributed by atoms with Gasteiger partial charge in [-0.2, -0.15) is 0 Å². The van der Waals surface area contributed by atoms with Gasteiger partial charge in [0.15, 0.2) is 0 Å². The van der Waals surface area contributed by atoms with Gasteiger partial charge in [-0.25, -0.2) is 4.79 Å². The second-order valence-electron chi connectivity index (χ2n) is 4.31. The molecule has 0 aliphatic carbocycles. The van der Waals surface area contributed by atoms with Crippen molar-refractivity contribution in [1.29, 1.82) is 0 Å². The number of carbonyl (C=O) groups excluding carboxylic acids is 1. The first kappa shape index (κ1) is 13.5. The Morgan fingerprint density at radius 2 is 2.18 bits per heavy atom. The lowest BCUT2D eigenvalue weighted by molar-refractivity contribution is -0.120. The average Bonchev–Trinajstić information content (AvgIpc) is 2.21. The van der Waals surface area contributed by atoms with Gasteiger partial charge in [0.2, 0.25) is 0 Å². The highest BCUT2D eigenvalue weighted by Crippen LogP contribution is 2.21. The van der Waals surface area contributed by atoms with E-state index in [1.54, 1.807) is 6.92 Å². The smallest absolute Gasteiger partial charge is 0.342 e. The Morgan fingerprint density at radius 1 is 1.53 bits per heavy atom. The first-order valence-corrected chi connectivity index (χ1v) is 5.78. The molecular weight excluding hydrogens is 220 g/mol. The molecule has 1 heterocycles. The van der Waals surface area contributed by atoms with Crippen LogP contribution in [0.4, 0.5) is 0 Å². The van der Waals surface area contributed by atoms with Gasteiger partial charge >= 0.3 is 5.63 Å². The van der Waals surface area contributed by atoms with Gasteiger partial charge in [0, 0.05) is 12.0 Å². The molecule has 17 heavy (non-hydrogen) atoms. The van der Waals surface area contributed by atoms with E-state index in [1.165, 1.54) is 13.0 Å². The number of aryl methyl sites for hydroxylation is 1. The fourth-order valence-corrected chi connectivity index (χ4v) is 1.85. The van der Waals surface area contributed by atoms with Gasteiger partial charge in [-0.05, 0) is 26.7 Å². The Bertz CT molecular complexity index is 459. The molecule has 0 saturated carbocycles. The number of ketones is 1. The number of Topliss-reactive ketones (excluding diaryl/α,β-unsaturated/α-hetero) is 1. The van der Waals surface area contributed by atoms with E-state index in [2.05, 4.69) is 0 Å². The lowest BCUT2D eigenvalue weighted by atomic mass is 9.92. The van der Waals surface area contributed by atoms with Crippen LogP contribution in [0, 0.1) is 12.8 Å². The third-order valence-corrected chi connectivity index (χ3v) is 2.81. The Labute approximate surface area is 100 Å². The van der Waals surface area contributed by atoms with Crippen molar-refractivity contribution >= 4 is 5.78 Å². The first-order chi connectivity index (χ1) is 7.95. The summed E-state index contributed by atoms with van der Waals surface area (Å²) < 4.78 is 4.92. The summed E-state index contributed by atoms with van der Waals surface area (Å²) in [5.41, 5.74) is -0.353. The molecule has 0 aliphatic rings. The van der Waals surface area contributed by atoms with E-state index in [0.29, 0.717) is 12.2 Å². The molecule has 1 aromatic rings. The molecule has 0 saturated heterocycles. The van der Waals surface area contributed by atoms with E-state index < -0.39 is 5.63 Å². The molecule has 0 amide bonds. The van der Waals surface area contributed by atoms with Gasteiger partial charge in [-0.15, -0.1) is 0 Å². The SMILES string of the molecule is CCCC(Cc1c(O)cc(C)oc1=O)C(C)=O. The van der Waals surface area contributed by atoms with Gasteiger partial charge in [-0.3, -0.25) is 4.79 Å². The summed E-state index contributed by atoms with van der Waals surface area (Å²) in [6, 6.07) is 1.40. The zero-order valence-electron chi connectivity index (χ0n) is 10.4. The lowest BCUT2D eigenvalue weighted by Gasteiger charge is -2.12. The second-order valence-corrected chi connectivity index (χ2v) is 4.31. The minimum Gasteiger partial charge on any atom is -0.507 e. The molecular formula is C13H18O4. The Kier molecular flexibility index (Phi) is 4.49. The zero-order chi connectivity index (χ0) is 13.0. The first-order valence-electron chi connectivity index (χ1n) is 5.78. The summed E-state index contributed by atoms with van der Waals surface area (Å²) in [6.07, 6.45) is 1.82. The minimum atomic E-state index is -0.551. The van der Waals surface area contributed by atoms with E-state index in [9.17, 15) is 14.7 Å². The van der Waals surface area contributed by atoms with Gasteiger partial charge < -0.3 is 9.52 Å². The van der Waals surface area contributed by atoms with Crippen molar-refractivity contribution in [3.8, 4) is 5.75 Å². The van der Waals surface area contributed by atoms with Crippen molar-refractivity contribution in [2.75, 3.05) is 0 Å². The summed E-state index contributed by atoms with van der Waals surface area (Å²) in [7, 11) is 0. The monoisotopic (exact) mass is 238 g/mol. The van der Waals surface area contributed by atoms with Gasteiger partial charge in [-0.1, -0.05) is 13.3 Å². The number of hydrogen-bond acceptors (Lipinski definition) is 4. The van der Waals surface area contributed by atoms with Crippen LogP contribution in [0.1, 0.15) is 38.0 Å². The number of rotatable bonds is 5. The molecule has 0 fully saturated rings. The van der Waals surface area contributed by atoms with E-state index in [4.69, 9.17) is 4.42 Å². The summed E-state index contributed by atoms with van der Waals surface area (Å²) in [4.78, 5) is 23.0. The van der Waals surface area contributed by atoms with Crippen molar-refractivity contribution in [2.45, 2.75) is 40.0 Å². The van der Waals surface area contributed by atoms with Gasteiger partial charge in [0.1, 0.15) is 17.3 Å².